The van der Waals surface area contributed by atoms with E-state index in [2.05, 4.69) is 10.3 Å². The lowest BCUT2D eigenvalue weighted by Crippen LogP contribution is -2.29. The zero-order valence-electron chi connectivity index (χ0n) is 12.0. The number of hydrogen-bond acceptors (Lipinski definition) is 4. The fourth-order valence-electron chi connectivity index (χ4n) is 2.90. The number of likely N-dealkylation sites (tertiary alicyclic amines) is 1. The van der Waals surface area contributed by atoms with Gasteiger partial charge in [-0.25, -0.2) is 4.98 Å². The van der Waals surface area contributed by atoms with Crippen LogP contribution in [0.4, 0.5) is 5.82 Å². The highest BCUT2D eigenvalue weighted by molar-refractivity contribution is 6.09. The van der Waals surface area contributed by atoms with E-state index in [1.165, 1.54) is 0 Å². The molecule has 1 fully saturated rings. The van der Waals surface area contributed by atoms with Gasteiger partial charge in [-0.3, -0.25) is 4.79 Å². The zero-order chi connectivity index (χ0) is 14.8. The minimum absolute atomic E-state index is 0.00250. The number of aromatic nitrogens is 1. The van der Waals surface area contributed by atoms with E-state index in [9.17, 15) is 9.90 Å². The Bertz CT molecular complexity index is 672. The van der Waals surface area contributed by atoms with Crippen LogP contribution in [-0.4, -0.2) is 47.6 Å². The number of pyridine rings is 1. The Labute approximate surface area is 123 Å². The van der Waals surface area contributed by atoms with E-state index in [4.69, 9.17) is 0 Å². The van der Waals surface area contributed by atoms with Crippen molar-refractivity contribution in [2.45, 2.75) is 6.42 Å². The number of aliphatic hydroxyl groups is 1. The molecule has 1 aromatic carbocycles. The average molecular weight is 285 g/mol. The highest BCUT2D eigenvalue weighted by atomic mass is 16.3. The third-order valence-electron chi connectivity index (χ3n) is 4.09. The van der Waals surface area contributed by atoms with Gasteiger partial charge in [0.15, 0.2) is 0 Å². The predicted molar refractivity (Wildman–Crippen MR) is 82.4 cm³/mol. The molecule has 1 atom stereocenters. The van der Waals surface area contributed by atoms with E-state index in [0.29, 0.717) is 18.7 Å². The molecule has 0 radical (unpaired) electrons. The Hall–Kier alpha value is -2.14. The van der Waals surface area contributed by atoms with Crippen LogP contribution in [0.5, 0.6) is 0 Å². The first-order chi connectivity index (χ1) is 10.2. The van der Waals surface area contributed by atoms with Crippen LogP contribution in [0, 0.1) is 5.92 Å². The number of carbonyl (C=O) groups excluding carboxylic acids is 1. The summed E-state index contributed by atoms with van der Waals surface area (Å²) < 4.78 is 0. The number of nitrogens with zero attached hydrogens (tertiary/aromatic N) is 2. The number of carbonyl (C=O) groups is 1. The van der Waals surface area contributed by atoms with Crippen LogP contribution in [0.15, 0.2) is 30.5 Å². The lowest BCUT2D eigenvalue weighted by molar-refractivity contribution is 0.0783. The first-order valence-electron chi connectivity index (χ1n) is 7.20. The number of rotatable bonds is 3. The van der Waals surface area contributed by atoms with Crippen LogP contribution in [-0.2, 0) is 0 Å². The maximum Gasteiger partial charge on any atom is 0.256 e. The van der Waals surface area contributed by atoms with Crippen LogP contribution < -0.4 is 5.32 Å². The summed E-state index contributed by atoms with van der Waals surface area (Å²) in [4.78, 5) is 18.9. The van der Waals surface area contributed by atoms with Gasteiger partial charge in [-0.15, -0.1) is 0 Å². The summed E-state index contributed by atoms with van der Waals surface area (Å²) in [6.07, 6.45) is 2.50. The largest absolute Gasteiger partial charge is 0.396 e. The van der Waals surface area contributed by atoms with Crippen LogP contribution in [0.25, 0.3) is 10.8 Å². The Morgan fingerprint density at radius 1 is 1.43 bits per heavy atom. The standard InChI is InChI=1S/C16H19N3O2/c1-17-15-13-5-3-2-4-12(13)14(8-18-15)16(21)19-7-6-11(9-19)10-20/h2-5,8,11,20H,6-7,9-10H2,1H3,(H,17,18). The van der Waals surface area contributed by atoms with Crippen molar-refractivity contribution in [3.05, 3.63) is 36.0 Å². The summed E-state index contributed by atoms with van der Waals surface area (Å²) in [6, 6.07) is 7.78. The summed E-state index contributed by atoms with van der Waals surface area (Å²) in [5.41, 5.74) is 0.628. The molecule has 0 spiro atoms. The Morgan fingerprint density at radius 3 is 2.86 bits per heavy atom. The molecule has 3 rings (SSSR count). The quantitative estimate of drug-likeness (QED) is 0.901. The molecule has 2 aromatic rings. The van der Waals surface area contributed by atoms with Crippen molar-refractivity contribution in [1.29, 1.82) is 0 Å². The minimum atomic E-state index is -0.00250. The Kier molecular flexibility index (Phi) is 3.75. The van der Waals surface area contributed by atoms with Gasteiger partial charge < -0.3 is 15.3 Å². The maximum atomic E-state index is 12.7. The fraction of sp³-hybridized carbons (Fsp3) is 0.375. The number of amides is 1. The van der Waals surface area contributed by atoms with Gasteiger partial charge in [-0.2, -0.15) is 0 Å². The second kappa shape index (κ2) is 5.69. The van der Waals surface area contributed by atoms with Gasteiger partial charge in [-0.1, -0.05) is 24.3 Å². The number of aliphatic hydroxyl groups excluding tert-OH is 1. The number of fused-ring (bicyclic) bond motifs is 1. The molecular formula is C16H19N3O2. The van der Waals surface area contributed by atoms with Crippen LogP contribution in [0.2, 0.25) is 0 Å². The predicted octanol–water partition coefficient (Wildman–Crippen LogP) is 1.73. The minimum Gasteiger partial charge on any atom is -0.396 e. The molecule has 1 amide bonds. The van der Waals surface area contributed by atoms with Crippen molar-refractivity contribution in [2.75, 3.05) is 32.1 Å². The van der Waals surface area contributed by atoms with Gasteiger partial charge in [0.2, 0.25) is 0 Å². The molecule has 0 bridgehead atoms. The molecule has 5 nitrogen and oxygen atoms in total. The van der Waals surface area contributed by atoms with Gasteiger partial charge in [0.25, 0.3) is 5.91 Å². The van der Waals surface area contributed by atoms with E-state index in [0.717, 1.165) is 23.0 Å². The topological polar surface area (TPSA) is 65.5 Å². The maximum absolute atomic E-state index is 12.7. The van der Waals surface area contributed by atoms with E-state index in [-0.39, 0.29) is 18.4 Å². The van der Waals surface area contributed by atoms with Gasteiger partial charge in [0, 0.05) is 44.2 Å². The lowest BCUT2D eigenvalue weighted by atomic mass is 10.1. The van der Waals surface area contributed by atoms with Gasteiger partial charge >= 0.3 is 0 Å². The first kappa shape index (κ1) is 13.8. The summed E-state index contributed by atoms with van der Waals surface area (Å²) >= 11 is 0. The zero-order valence-corrected chi connectivity index (χ0v) is 12.0. The van der Waals surface area contributed by atoms with Crippen molar-refractivity contribution >= 4 is 22.5 Å². The molecule has 0 aliphatic carbocycles. The Morgan fingerprint density at radius 2 is 2.19 bits per heavy atom. The highest BCUT2D eigenvalue weighted by Crippen LogP contribution is 2.26. The van der Waals surface area contributed by atoms with E-state index < -0.39 is 0 Å². The molecule has 110 valence electrons. The molecule has 1 aromatic heterocycles. The highest BCUT2D eigenvalue weighted by Gasteiger charge is 2.27. The molecule has 1 unspecified atom stereocenters. The average Bonchev–Trinajstić information content (AvgIpc) is 3.02. The number of anilines is 1. The first-order valence-corrected chi connectivity index (χ1v) is 7.20. The second-order valence-corrected chi connectivity index (χ2v) is 5.40. The van der Waals surface area contributed by atoms with Crippen molar-refractivity contribution in [2.24, 2.45) is 5.92 Å². The van der Waals surface area contributed by atoms with Gasteiger partial charge in [0.05, 0.1) is 5.56 Å². The molecule has 1 aliphatic heterocycles. The molecular weight excluding hydrogens is 266 g/mol. The smallest absolute Gasteiger partial charge is 0.256 e. The molecule has 1 saturated heterocycles. The van der Waals surface area contributed by atoms with Crippen LogP contribution in [0.3, 0.4) is 0 Å². The van der Waals surface area contributed by atoms with Gasteiger partial charge in [0.1, 0.15) is 5.82 Å². The van der Waals surface area contributed by atoms with Crippen molar-refractivity contribution in [3.63, 3.8) is 0 Å². The molecule has 2 N–H and O–H groups in total. The number of hydrogen-bond donors (Lipinski definition) is 2. The van der Waals surface area contributed by atoms with Crippen molar-refractivity contribution in [3.8, 4) is 0 Å². The molecule has 1 aliphatic rings. The van der Waals surface area contributed by atoms with E-state index >= 15 is 0 Å². The van der Waals surface area contributed by atoms with Crippen LogP contribution in [0.1, 0.15) is 16.8 Å². The summed E-state index contributed by atoms with van der Waals surface area (Å²) in [5, 5.41) is 14.1. The molecule has 2 heterocycles. The monoisotopic (exact) mass is 285 g/mol. The van der Waals surface area contributed by atoms with Crippen LogP contribution >= 0.6 is 0 Å². The Balaban J connectivity index is 1.99. The molecule has 21 heavy (non-hydrogen) atoms. The summed E-state index contributed by atoms with van der Waals surface area (Å²) in [6.45, 7) is 1.46. The van der Waals surface area contributed by atoms with Crippen molar-refractivity contribution < 1.29 is 9.90 Å². The lowest BCUT2D eigenvalue weighted by Gasteiger charge is -2.18. The summed E-state index contributed by atoms with van der Waals surface area (Å²) in [7, 11) is 1.82. The number of nitrogens with one attached hydrogen (secondary N) is 1. The SMILES string of the molecule is CNc1ncc(C(=O)N2CCC(CO)C2)c2ccccc12. The third-order valence-corrected chi connectivity index (χ3v) is 4.09. The third kappa shape index (κ3) is 2.45. The second-order valence-electron chi connectivity index (χ2n) is 5.40. The van der Waals surface area contributed by atoms with Gasteiger partial charge in [-0.05, 0) is 11.8 Å². The fourth-order valence-corrected chi connectivity index (χ4v) is 2.90. The van der Waals surface area contributed by atoms with Crippen molar-refractivity contribution in [1.82, 2.24) is 9.88 Å². The normalized spacial score (nSPS) is 18.2. The molecule has 5 heteroatoms. The summed E-state index contributed by atoms with van der Waals surface area (Å²) in [5.74, 6) is 0.971. The number of benzene rings is 1. The molecule has 0 saturated carbocycles. The van der Waals surface area contributed by atoms with E-state index in [1.807, 2.05) is 36.2 Å². The van der Waals surface area contributed by atoms with E-state index in [1.54, 1.807) is 6.20 Å².